The van der Waals surface area contributed by atoms with Gasteiger partial charge >= 0.3 is 11.9 Å². The van der Waals surface area contributed by atoms with Gasteiger partial charge in [0.25, 0.3) is 0 Å². The van der Waals surface area contributed by atoms with E-state index < -0.39 is 5.97 Å². The number of carbonyl (C=O) groups is 2. The molecular formula is C29H29N3O4. The number of methoxy groups -OCH3 is 1. The first kappa shape index (κ1) is 23.6. The van der Waals surface area contributed by atoms with Gasteiger partial charge in [-0.2, -0.15) is 0 Å². The fourth-order valence-corrected chi connectivity index (χ4v) is 5.17. The van der Waals surface area contributed by atoms with Crippen LogP contribution in [0.5, 0.6) is 0 Å². The van der Waals surface area contributed by atoms with Crippen LogP contribution in [0.25, 0.3) is 17.0 Å². The van der Waals surface area contributed by atoms with E-state index in [0.29, 0.717) is 6.54 Å². The number of hydrogen-bond acceptors (Lipinski definition) is 4. The van der Waals surface area contributed by atoms with Crippen LogP contribution in [0.4, 0.5) is 0 Å². The Kier molecular flexibility index (Phi) is 6.73. The Labute approximate surface area is 209 Å². The second kappa shape index (κ2) is 10.3. The molecule has 184 valence electrons. The maximum absolute atomic E-state index is 11.5. The van der Waals surface area contributed by atoms with Gasteiger partial charge in [0.2, 0.25) is 0 Å². The number of aromatic amines is 2. The molecule has 4 aromatic rings. The standard InChI is InChI=1S/C29H29N3O4/c1-36-28(33)11-7-19-6-9-24-21(14-19)8-10-27(24)32(18-20-15-26(29(34)35)30-16-20)13-12-22-17-31-25-5-3-2-4-23(22)25/h2-7,9,11,14-17,27,30-31H,8,10,12-13,18H2,1H3,(H,34,35)/b11-7+. The molecule has 3 N–H and O–H groups in total. The van der Waals surface area contributed by atoms with E-state index in [1.807, 2.05) is 12.1 Å². The van der Waals surface area contributed by atoms with E-state index in [2.05, 4.69) is 51.4 Å². The lowest BCUT2D eigenvalue weighted by Gasteiger charge is -2.29. The van der Waals surface area contributed by atoms with Crippen molar-refractivity contribution in [3.05, 3.63) is 101 Å². The van der Waals surface area contributed by atoms with Crippen molar-refractivity contribution in [3.8, 4) is 0 Å². The molecule has 1 unspecified atom stereocenters. The van der Waals surface area contributed by atoms with Gasteiger partial charge in [0.05, 0.1) is 7.11 Å². The zero-order chi connectivity index (χ0) is 25.1. The highest BCUT2D eigenvalue weighted by Crippen LogP contribution is 2.37. The number of nitrogens with zero attached hydrogens (tertiary/aromatic N) is 1. The third kappa shape index (κ3) is 4.97. The Morgan fingerprint density at radius 3 is 2.81 bits per heavy atom. The summed E-state index contributed by atoms with van der Waals surface area (Å²) in [5, 5.41) is 10.6. The fourth-order valence-electron chi connectivity index (χ4n) is 5.17. The van der Waals surface area contributed by atoms with E-state index in [4.69, 9.17) is 4.74 Å². The van der Waals surface area contributed by atoms with Crippen LogP contribution in [0.3, 0.4) is 0 Å². The monoisotopic (exact) mass is 483 g/mol. The number of benzene rings is 2. The van der Waals surface area contributed by atoms with E-state index in [9.17, 15) is 14.7 Å². The molecule has 2 aromatic heterocycles. The van der Waals surface area contributed by atoms with E-state index in [1.165, 1.54) is 35.3 Å². The number of carboxylic acid groups (broad SMARTS) is 1. The van der Waals surface area contributed by atoms with Crippen LogP contribution < -0.4 is 0 Å². The second-order valence-electron chi connectivity index (χ2n) is 9.18. The number of fused-ring (bicyclic) bond motifs is 2. The summed E-state index contributed by atoms with van der Waals surface area (Å²) < 4.78 is 4.70. The molecule has 0 spiro atoms. The average Bonchev–Trinajstić information content (AvgIpc) is 3.63. The maximum Gasteiger partial charge on any atom is 0.352 e. The minimum absolute atomic E-state index is 0.204. The first-order chi connectivity index (χ1) is 17.5. The van der Waals surface area contributed by atoms with Gasteiger partial charge in [0.15, 0.2) is 0 Å². The van der Waals surface area contributed by atoms with Crippen LogP contribution in [-0.4, -0.2) is 45.6 Å². The number of aryl methyl sites for hydroxylation is 1. The molecule has 7 nitrogen and oxygen atoms in total. The van der Waals surface area contributed by atoms with Gasteiger partial charge in [-0.3, -0.25) is 4.90 Å². The molecule has 0 saturated carbocycles. The number of carbonyl (C=O) groups excluding carboxylic acids is 1. The van der Waals surface area contributed by atoms with Crippen LogP contribution in [0, 0.1) is 0 Å². The van der Waals surface area contributed by atoms with Gasteiger partial charge in [0, 0.05) is 48.5 Å². The summed E-state index contributed by atoms with van der Waals surface area (Å²) in [7, 11) is 1.37. The number of para-hydroxylation sites is 1. The predicted octanol–water partition coefficient (Wildman–Crippen LogP) is 5.11. The van der Waals surface area contributed by atoms with Crippen LogP contribution in [0.15, 0.2) is 67.0 Å². The lowest BCUT2D eigenvalue weighted by molar-refractivity contribution is -0.134. The number of ether oxygens (including phenoxy) is 1. The molecule has 1 aliphatic rings. The quantitative estimate of drug-likeness (QED) is 0.227. The largest absolute Gasteiger partial charge is 0.477 e. The zero-order valence-electron chi connectivity index (χ0n) is 20.2. The van der Waals surface area contributed by atoms with Gasteiger partial charge in [0.1, 0.15) is 5.69 Å². The molecular weight excluding hydrogens is 454 g/mol. The molecule has 0 saturated heterocycles. The summed E-state index contributed by atoms with van der Waals surface area (Å²) in [6.45, 7) is 1.49. The molecule has 2 aromatic carbocycles. The Morgan fingerprint density at radius 2 is 2.00 bits per heavy atom. The highest BCUT2D eigenvalue weighted by atomic mass is 16.5. The lowest BCUT2D eigenvalue weighted by atomic mass is 10.0. The number of carboxylic acids is 1. The summed E-state index contributed by atoms with van der Waals surface area (Å²) >= 11 is 0. The average molecular weight is 484 g/mol. The number of H-pyrrole nitrogens is 2. The van der Waals surface area contributed by atoms with Crippen molar-refractivity contribution >= 4 is 28.9 Å². The van der Waals surface area contributed by atoms with Gasteiger partial charge < -0.3 is 19.8 Å². The van der Waals surface area contributed by atoms with Crippen molar-refractivity contribution in [3.63, 3.8) is 0 Å². The second-order valence-corrected chi connectivity index (χ2v) is 9.18. The fraction of sp³-hybridized carbons (Fsp3) is 0.241. The molecule has 0 bridgehead atoms. The molecule has 1 aliphatic carbocycles. The number of aromatic carboxylic acids is 1. The van der Waals surface area contributed by atoms with Gasteiger partial charge in [-0.15, -0.1) is 0 Å². The highest BCUT2D eigenvalue weighted by Gasteiger charge is 2.28. The molecule has 1 atom stereocenters. The molecule has 7 heteroatoms. The van der Waals surface area contributed by atoms with E-state index in [0.717, 1.165) is 42.5 Å². The highest BCUT2D eigenvalue weighted by molar-refractivity contribution is 5.87. The van der Waals surface area contributed by atoms with Crippen LogP contribution >= 0.6 is 0 Å². The van der Waals surface area contributed by atoms with Gasteiger partial charge in [-0.05, 0) is 65.3 Å². The number of aromatic nitrogens is 2. The molecule has 5 rings (SSSR count). The molecule has 0 radical (unpaired) electrons. The summed E-state index contributed by atoms with van der Waals surface area (Å²) in [5.74, 6) is -1.32. The van der Waals surface area contributed by atoms with Crippen molar-refractivity contribution in [2.75, 3.05) is 13.7 Å². The minimum Gasteiger partial charge on any atom is -0.477 e. The first-order valence-corrected chi connectivity index (χ1v) is 12.1. The molecule has 36 heavy (non-hydrogen) atoms. The first-order valence-electron chi connectivity index (χ1n) is 12.1. The number of esters is 1. The SMILES string of the molecule is COC(=O)/C=C/c1ccc2c(c1)CCC2N(CCc1c[nH]c2ccccc12)Cc1c[nH]c(C(=O)O)c1. The number of nitrogens with one attached hydrogen (secondary N) is 2. The summed E-state index contributed by atoms with van der Waals surface area (Å²) in [6.07, 6.45) is 9.92. The topological polar surface area (TPSA) is 98.4 Å². The molecule has 2 heterocycles. The summed E-state index contributed by atoms with van der Waals surface area (Å²) in [4.78, 5) is 31.5. The Morgan fingerprint density at radius 1 is 1.14 bits per heavy atom. The van der Waals surface area contributed by atoms with Crippen LogP contribution in [0.2, 0.25) is 0 Å². The normalized spacial score (nSPS) is 15.1. The third-order valence-corrected chi connectivity index (χ3v) is 6.97. The predicted molar refractivity (Wildman–Crippen MR) is 139 cm³/mol. The third-order valence-electron chi connectivity index (χ3n) is 6.97. The van der Waals surface area contributed by atoms with Crippen molar-refractivity contribution in [1.82, 2.24) is 14.9 Å². The number of rotatable bonds is 9. The Hall–Kier alpha value is -4.10. The summed E-state index contributed by atoms with van der Waals surface area (Å²) in [6, 6.07) is 16.6. The van der Waals surface area contributed by atoms with Crippen LogP contribution in [0.1, 0.15) is 50.8 Å². The van der Waals surface area contributed by atoms with Gasteiger partial charge in [-0.1, -0.05) is 36.4 Å². The Balaban J connectivity index is 1.40. The minimum atomic E-state index is -0.953. The zero-order valence-corrected chi connectivity index (χ0v) is 20.2. The molecule has 0 amide bonds. The van der Waals surface area contributed by atoms with Gasteiger partial charge in [-0.25, -0.2) is 9.59 Å². The number of hydrogen-bond donors (Lipinski definition) is 3. The van der Waals surface area contributed by atoms with Crippen molar-refractivity contribution in [2.24, 2.45) is 0 Å². The molecule has 0 aliphatic heterocycles. The van der Waals surface area contributed by atoms with E-state index in [-0.39, 0.29) is 17.7 Å². The maximum atomic E-state index is 11.5. The van der Waals surface area contributed by atoms with Crippen molar-refractivity contribution < 1.29 is 19.4 Å². The van der Waals surface area contributed by atoms with E-state index in [1.54, 1.807) is 18.3 Å². The van der Waals surface area contributed by atoms with Crippen molar-refractivity contribution in [2.45, 2.75) is 31.8 Å². The summed E-state index contributed by atoms with van der Waals surface area (Å²) in [5.41, 5.74) is 7.12. The lowest BCUT2D eigenvalue weighted by Crippen LogP contribution is -2.29. The molecule has 0 fully saturated rings. The Bertz CT molecular complexity index is 1430. The van der Waals surface area contributed by atoms with Crippen LogP contribution in [-0.2, 0) is 28.9 Å². The van der Waals surface area contributed by atoms with E-state index >= 15 is 0 Å². The smallest absolute Gasteiger partial charge is 0.352 e. The van der Waals surface area contributed by atoms with Crippen molar-refractivity contribution in [1.29, 1.82) is 0 Å².